The normalized spacial score (nSPS) is 13.5. The van der Waals surface area contributed by atoms with Crippen LogP contribution in [0.15, 0.2) is 0 Å². The maximum atomic E-state index is 10.5. The highest BCUT2D eigenvalue weighted by molar-refractivity contribution is 5.72. The van der Waals surface area contributed by atoms with Crippen LogP contribution in [0.25, 0.3) is 0 Å². The number of nitrogens with zero attached hydrogens (tertiary/aromatic N) is 1. The standard InChI is InChI=1S/C22H46O2.C10H21NO.C8H15N.C8H18O/c1-5-6-7-8-9-10-11-12-13-14-15-16-17-18-21(24)20(19-23)22(2,3)4;1-9(12)11-8-6-5-7-10(2,3)4;1-8(2,3)6-4-5-7-9;1-5-7(6-9)8(2,3)4/h20-21,23-24H,5-19H2,1-4H3;5-8H2,1-4H3,(H,11,12);4-6H2,1-3H3;7,9H,5-6H2,1-4H3. The number of carbonyl (C=O) groups is 1. The molecule has 0 rings (SSSR count). The van der Waals surface area contributed by atoms with E-state index in [9.17, 15) is 15.0 Å². The summed E-state index contributed by atoms with van der Waals surface area (Å²) >= 11 is 0. The lowest BCUT2D eigenvalue weighted by Crippen LogP contribution is -2.35. The Morgan fingerprint density at radius 1 is 0.611 bits per heavy atom. The van der Waals surface area contributed by atoms with Crippen LogP contribution in [0, 0.1) is 44.8 Å². The molecule has 0 bridgehead atoms. The molecular weight excluding hydrogens is 669 g/mol. The predicted molar refractivity (Wildman–Crippen MR) is 238 cm³/mol. The summed E-state index contributed by atoms with van der Waals surface area (Å²) in [6, 6.07) is 2.14. The fourth-order valence-corrected chi connectivity index (χ4v) is 6.30. The van der Waals surface area contributed by atoms with Crippen LogP contribution >= 0.6 is 0 Å². The van der Waals surface area contributed by atoms with Gasteiger partial charge in [-0.25, -0.2) is 0 Å². The number of carbonyl (C=O) groups excluding carboxylic acids is 1. The molecule has 0 saturated carbocycles. The van der Waals surface area contributed by atoms with E-state index in [1.54, 1.807) is 6.92 Å². The number of aliphatic hydroxyl groups excluding tert-OH is 3. The molecule has 6 heteroatoms. The van der Waals surface area contributed by atoms with Crippen molar-refractivity contribution in [1.82, 2.24) is 5.32 Å². The average molecular weight is 769 g/mol. The second kappa shape index (κ2) is 36.2. The predicted octanol–water partition coefficient (Wildman–Crippen LogP) is 13.6. The van der Waals surface area contributed by atoms with Gasteiger partial charge in [0.05, 0.1) is 12.2 Å². The van der Waals surface area contributed by atoms with Crippen molar-refractivity contribution in [2.24, 2.45) is 33.5 Å². The van der Waals surface area contributed by atoms with E-state index in [1.165, 1.54) is 89.9 Å². The Hall–Kier alpha value is -1.16. The molecule has 6 nitrogen and oxygen atoms in total. The number of nitriles is 1. The first kappa shape index (κ1) is 59.5. The molecule has 4 N–H and O–H groups in total. The molecule has 0 aromatic carbocycles. The Balaban J connectivity index is -0.000000346. The van der Waals surface area contributed by atoms with Gasteiger partial charge in [0.2, 0.25) is 5.91 Å². The molecule has 0 saturated heterocycles. The Labute approximate surface area is 339 Å². The number of nitrogens with one attached hydrogen (secondary N) is 1. The molecule has 0 aliphatic heterocycles. The average Bonchev–Trinajstić information content (AvgIpc) is 3.02. The highest BCUT2D eigenvalue weighted by atomic mass is 16.3. The number of unbranched alkanes of at least 4 members (excludes halogenated alkanes) is 14. The lowest BCUT2D eigenvalue weighted by atomic mass is 9.76. The molecule has 0 spiro atoms. The van der Waals surface area contributed by atoms with E-state index in [2.05, 4.69) is 108 Å². The number of amides is 1. The van der Waals surface area contributed by atoms with Crippen LogP contribution in [0.3, 0.4) is 0 Å². The largest absolute Gasteiger partial charge is 0.396 e. The van der Waals surface area contributed by atoms with Crippen molar-refractivity contribution in [1.29, 1.82) is 5.26 Å². The van der Waals surface area contributed by atoms with Gasteiger partial charge in [0.15, 0.2) is 0 Å². The molecule has 1 amide bonds. The van der Waals surface area contributed by atoms with E-state index in [1.807, 2.05) is 0 Å². The van der Waals surface area contributed by atoms with E-state index in [4.69, 9.17) is 10.4 Å². The minimum absolute atomic E-state index is 0.00479. The Morgan fingerprint density at radius 2 is 1.04 bits per heavy atom. The SMILES string of the molecule is CC(=O)NCCCCC(C)(C)C.CC(C)(C)CCCC#N.CCC(CO)C(C)(C)C.CCCCCCCCCCCCCCCC(O)C(CO)C(C)(C)C. The topological polar surface area (TPSA) is 114 Å². The molecule has 0 aromatic rings. The van der Waals surface area contributed by atoms with Crippen molar-refractivity contribution in [2.75, 3.05) is 19.8 Å². The lowest BCUT2D eigenvalue weighted by Gasteiger charge is -2.33. The van der Waals surface area contributed by atoms with Gasteiger partial charge >= 0.3 is 0 Å². The Morgan fingerprint density at radius 3 is 1.33 bits per heavy atom. The smallest absolute Gasteiger partial charge is 0.216 e. The van der Waals surface area contributed by atoms with E-state index in [0.29, 0.717) is 29.8 Å². The molecule has 54 heavy (non-hydrogen) atoms. The van der Waals surface area contributed by atoms with Crippen molar-refractivity contribution in [2.45, 2.75) is 245 Å². The molecule has 3 atom stereocenters. The van der Waals surface area contributed by atoms with Crippen LogP contribution in [-0.4, -0.2) is 47.1 Å². The number of aliphatic hydroxyl groups is 3. The van der Waals surface area contributed by atoms with Gasteiger partial charge in [-0.1, -0.05) is 193 Å². The van der Waals surface area contributed by atoms with Gasteiger partial charge in [-0.05, 0) is 59.7 Å². The zero-order valence-corrected chi connectivity index (χ0v) is 39.4. The van der Waals surface area contributed by atoms with E-state index in [0.717, 1.165) is 45.1 Å². The molecule has 326 valence electrons. The summed E-state index contributed by atoms with van der Waals surface area (Å²) in [7, 11) is 0. The van der Waals surface area contributed by atoms with Gasteiger partial charge in [0.25, 0.3) is 0 Å². The highest BCUT2D eigenvalue weighted by Crippen LogP contribution is 2.31. The van der Waals surface area contributed by atoms with Crippen molar-refractivity contribution in [3.05, 3.63) is 0 Å². The molecular formula is C48H100N2O4. The summed E-state index contributed by atoms with van der Waals surface area (Å²) in [5, 5.41) is 39.6. The molecule has 0 aromatic heterocycles. The summed E-state index contributed by atoms with van der Waals surface area (Å²) < 4.78 is 0. The fourth-order valence-electron chi connectivity index (χ4n) is 6.30. The summed E-state index contributed by atoms with van der Waals surface area (Å²) in [6.45, 7) is 33.3. The Bertz CT molecular complexity index is 835. The van der Waals surface area contributed by atoms with Crippen molar-refractivity contribution in [3.8, 4) is 6.07 Å². The first-order chi connectivity index (χ1) is 24.9. The summed E-state index contributed by atoms with van der Waals surface area (Å²) in [5.41, 5.74) is 1.07. The van der Waals surface area contributed by atoms with Crippen LogP contribution in [0.4, 0.5) is 0 Å². The van der Waals surface area contributed by atoms with Gasteiger partial charge in [0.1, 0.15) is 0 Å². The van der Waals surface area contributed by atoms with Gasteiger partial charge in [-0.15, -0.1) is 0 Å². The third-order valence-electron chi connectivity index (χ3n) is 10.3. The number of hydrogen-bond acceptors (Lipinski definition) is 5. The summed E-state index contributed by atoms with van der Waals surface area (Å²) in [5.74, 6) is 0.526. The number of hydrogen-bond donors (Lipinski definition) is 4. The molecule has 3 unspecified atom stereocenters. The molecule has 0 radical (unpaired) electrons. The van der Waals surface area contributed by atoms with Crippen molar-refractivity contribution >= 4 is 5.91 Å². The minimum atomic E-state index is -0.359. The van der Waals surface area contributed by atoms with Crippen LogP contribution in [-0.2, 0) is 4.79 Å². The number of rotatable bonds is 24. The summed E-state index contributed by atoms with van der Waals surface area (Å²) in [6.07, 6.45) is 25.5. The van der Waals surface area contributed by atoms with Crippen molar-refractivity contribution in [3.63, 3.8) is 0 Å². The van der Waals surface area contributed by atoms with E-state index < -0.39 is 0 Å². The molecule has 0 heterocycles. The zero-order valence-electron chi connectivity index (χ0n) is 39.4. The van der Waals surface area contributed by atoms with Crippen LogP contribution in [0.5, 0.6) is 0 Å². The summed E-state index contributed by atoms with van der Waals surface area (Å²) in [4.78, 5) is 10.5. The van der Waals surface area contributed by atoms with Gasteiger partial charge < -0.3 is 20.6 Å². The Kier molecular flexibility index (Phi) is 39.9. The van der Waals surface area contributed by atoms with E-state index in [-0.39, 0.29) is 35.4 Å². The van der Waals surface area contributed by atoms with Gasteiger partial charge in [-0.2, -0.15) is 5.26 Å². The second-order valence-corrected chi connectivity index (χ2v) is 20.5. The lowest BCUT2D eigenvalue weighted by molar-refractivity contribution is -0.118. The van der Waals surface area contributed by atoms with Crippen molar-refractivity contribution < 1.29 is 20.1 Å². The maximum absolute atomic E-state index is 10.5. The minimum Gasteiger partial charge on any atom is -0.396 e. The van der Waals surface area contributed by atoms with E-state index >= 15 is 0 Å². The second-order valence-electron chi connectivity index (χ2n) is 20.5. The first-order valence-corrected chi connectivity index (χ1v) is 22.4. The highest BCUT2D eigenvalue weighted by Gasteiger charge is 2.30. The third-order valence-corrected chi connectivity index (χ3v) is 10.3. The third kappa shape index (κ3) is 48.9. The first-order valence-electron chi connectivity index (χ1n) is 22.4. The molecule has 0 aliphatic carbocycles. The fraction of sp³-hybridized carbons (Fsp3) is 0.958. The molecule has 0 aliphatic rings. The van der Waals surface area contributed by atoms with Gasteiger partial charge in [0, 0.05) is 39.0 Å². The van der Waals surface area contributed by atoms with Crippen LogP contribution in [0.1, 0.15) is 239 Å². The zero-order chi connectivity index (χ0) is 42.7. The van der Waals surface area contributed by atoms with Gasteiger partial charge in [-0.3, -0.25) is 4.79 Å². The van der Waals surface area contributed by atoms with Crippen LogP contribution < -0.4 is 5.32 Å². The molecule has 0 fully saturated rings. The monoisotopic (exact) mass is 769 g/mol. The van der Waals surface area contributed by atoms with Crippen LogP contribution in [0.2, 0.25) is 0 Å². The maximum Gasteiger partial charge on any atom is 0.216 e. The quantitative estimate of drug-likeness (QED) is 0.0730.